The molecule has 5 rings (SSSR count). The summed E-state index contributed by atoms with van der Waals surface area (Å²) in [5.41, 5.74) is -0.478. The molecule has 0 amide bonds. The van der Waals surface area contributed by atoms with Gasteiger partial charge in [0.05, 0.1) is 15.1 Å². The number of hydrogen-bond acceptors (Lipinski definition) is 6. The van der Waals surface area contributed by atoms with E-state index in [1.165, 1.54) is 48.6 Å². The molecule has 4 aliphatic heterocycles. The van der Waals surface area contributed by atoms with E-state index in [1.807, 2.05) is 0 Å². The van der Waals surface area contributed by atoms with E-state index in [1.54, 1.807) is 0 Å². The molecule has 5 fully saturated rings. The molecular formula is C18H26O2S4. The van der Waals surface area contributed by atoms with Crippen molar-refractivity contribution in [2.75, 3.05) is 23.0 Å². The first-order chi connectivity index (χ1) is 11.6. The van der Waals surface area contributed by atoms with Gasteiger partial charge in [0.1, 0.15) is 11.2 Å². The van der Waals surface area contributed by atoms with Crippen LogP contribution in [0, 0.1) is 11.3 Å². The molecule has 24 heavy (non-hydrogen) atoms. The summed E-state index contributed by atoms with van der Waals surface area (Å²) in [4.78, 5) is 12.5. The first-order valence-electron chi connectivity index (χ1n) is 9.27. The van der Waals surface area contributed by atoms with Crippen molar-refractivity contribution in [1.29, 1.82) is 0 Å². The van der Waals surface area contributed by atoms with Crippen LogP contribution in [0.3, 0.4) is 0 Å². The topological polar surface area (TPSA) is 26.3 Å². The van der Waals surface area contributed by atoms with Crippen molar-refractivity contribution in [3.63, 3.8) is 0 Å². The molecule has 0 aromatic heterocycles. The van der Waals surface area contributed by atoms with Gasteiger partial charge in [-0.3, -0.25) is 0 Å². The predicted octanol–water partition coefficient (Wildman–Crippen LogP) is 4.67. The molecular weight excluding hydrogens is 376 g/mol. The van der Waals surface area contributed by atoms with Crippen LogP contribution in [-0.4, -0.2) is 49.2 Å². The van der Waals surface area contributed by atoms with Crippen molar-refractivity contribution in [3.8, 4) is 0 Å². The molecule has 2 nitrogen and oxygen atoms in total. The van der Waals surface area contributed by atoms with Gasteiger partial charge in [-0.05, 0) is 62.9 Å². The zero-order chi connectivity index (χ0) is 16.5. The van der Waals surface area contributed by atoms with Gasteiger partial charge in [0.15, 0.2) is 0 Å². The molecule has 0 unspecified atom stereocenters. The lowest BCUT2D eigenvalue weighted by atomic mass is 9.56. The van der Waals surface area contributed by atoms with E-state index in [9.17, 15) is 4.79 Å². The molecule has 1 aliphatic carbocycles. The zero-order valence-electron chi connectivity index (χ0n) is 14.3. The van der Waals surface area contributed by atoms with Gasteiger partial charge in [0.2, 0.25) is 0 Å². The number of thioether (sulfide) groups is 4. The second-order valence-electron chi connectivity index (χ2n) is 8.21. The van der Waals surface area contributed by atoms with Crippen LogP contribution in [0.4, 0.5) is 0 Å². The smallest absolute Gasteiger partial charge is 0.129 e. The Bertz CT molecular complexity index is 551. The highest BCUT2D eigenvalue weighted by Gasteiger charge is 2.72. The van der Waals surface area contributed by atoms with Crippen LogP contribution in [0.25, 0.3) is 0 Å². The highest BCUT2D eigenvalue weighted by molar-refractivity contribution is 8.21. The van der Waals surface area contributed by atoms with Crippen LogP contribution in [0.15, 0.2) is 0 Å². The summed E-state index contributed by atoms with van der Waals surface area (Å²) in [6.07, 6.45) is 8.29. The van der Waals surface area contributed by atoms with Crippen molar-refractivity contribution >= 4 is 53.3 Å². The maximum absolute atomic E-state index is 12.6. The highest BCUT2D eigenvalue weighted by atomic mass is 32.2. The standard InChI is InChI=1S/C18H26O2S4/c1-15-3-6-18(20-15)14(21-7-2-8-24-18)13-11-17(22-9-10-23-17)5-4-16(13,15)12-19/h12-14H,2-11H2,1H3/t13-,14+,15+,16-,18+/m0/s1. The average Bonchev–Trinajstić information content (AvgIpc) is 3.08. The van der Waals surface area contributed by atoms with Crippen LogP contribution in [-0.2, 0) is 9.53 Å². The summed E-state index contributed by atoms with van der Waals surface area (Å²) in [6, 6.07) is 0. The largest absolute Gasteiger partial charge is 0.356 e. The number of aldehydes is 1. The minimum atomic E-state index is -0.246. The van der Waals surface area contributed by atoms with E-state index in [-0.39, 0.29) is 15.9 Å². The average molecular weight is 403 g/mol. The Kier molecular flexibility index (Phi) is 4.12. The quantitative estimate of drug-likeness (QED) is 0.592. The number of hydrogen-bond donors (Lipinski definition) is 0. The van der Waals surface area contributed by atoms with Crippen LogP contribution >= 0.6 is 47.0 Å². The third-order valence-corrected chi connectivity index (χ3v) is 14.0. The summed E-state index contributed by atoms with van der Waals surface area (Å²) >= 11 is 8.58. The third-order valence-electron chi connectivity index (χ3n) is 7.20. The van der Waals surface area contributed by atoms with Crippen molar-refractivity contribution in [3.05, 3.63) is 0 Å². The minimum absolute atomic E-state index is 0.0143. The fourth-order valence-corrected chi connectivity index (χ4v) is 12.9. The molecule has 6 heteroatoms. The van der Waals surface area contributed by atoms with E-state index in [2.05, 4.69) is 54.0 Å². The second-order valence-corrected chi connectivity index (χ2v) is 14.1. The third kappa shape index (κ3) is 2.15. The lowest BCUT2D eigenvalue weighted by molar-refractivity contribution is -0.197. The molecule has 2 spiro atoms. The molecule has 134 valence electrons. The molecule has 4 saturated heterocycles. The van der Waals surface area contributed by atoms with Gasteiger partial charge in [0, 0.05) is 16.8 Å². The Morgan fingerprint density at radius 2 is 1.83 bits per heavy atom. The monoisotopic (exact) mass is 402 g/mol. The van der Waals surface area contributed by atoms with E-state index >= 15 is 0 Å². The van der Waals surface area contributed by atoms with E-state index < -0.39 is 0 Å². The predicted molar refractivity (Wildman–Crippen MR) is 108 cm³/mol. The van der Waals surface area contributed by atoms with E-state index in [4.69, 9.17) is 4.74 Å². The SMILES string of the molecule is C[C@]12CC[C@@]3(O1)SCCCS[C@@H]3[C@@H]1CC3(CC[C@]12C=O)SCCS3. The van der Waals surface area contributed by atoms with Crippen molar-refractivity contribution in [2.45, 2.75) is 65.3 Å². The van der Waals surface area contributed by atoms with Crippen LogP contribution in [0.5, 0.6) is 0 Å². The Hall–Kier alpha value is 1.03. The number of rotatable bonds is 1. The van der Waals surface area contributed by atoms with Crippen LogP contribution < -0.4 is 0 Å². The summed E-state index contributed by atoms with van der Waals surface area (Å²) in [5.74, 6) is 5.53. The molecule has 5 aliphatic rings. The van der Waals surface area contributed by atoms with Gasteiger partial charge in [-0.2, -0.15) is 11.8 Å². The number of carbonyl (C=O) groups is 1. The summed E-state index contributed by atoms with van der Waals surface area (Å²) in [6.45, 7) is 2.27. The lowest BCUT2D eigenvalue weighted by Gasteiger charge is -2.61. The Balaban J connectivity index is 1.60. The fourth-order valence-electron chi connectivity index (χ4n) is 5.94. The summed E-state index contributed by atoms with van der Waals surface area (Å²) in [5, 5.41) is 0.504. The number of fused-ring (bicyclic) bond motifs is 4. The molecule has 0 aromatic carbocycles. The summed E-state index contributed by atoms with van der Waals surface area (Å²) < 4.78 is 7.26. The maximum atomic E-state index is 12.6. The van der Waals surface area contributed by atoms with Gasteiger partial charge in [-0.1, -0.05) is 0 Å². The van der Waals surface area contributed by atoms with Crippen LogP contribution in [0.1, 0.15) is 45.4 Å². The van der Waals surface area contributed by atoms with E-state index in [0.717, 1.165) is 19.3 Å². The van der Waals surface area contributed by atoms with E-state index in [0.29, 0.717) is 15.2 Å². The van der Waals surface area contributed by atoms with Crippen molar-refractivity contribution < 1.29 is 9.53 Å². The highest BCUT2D eigenvalue weighted by Crippen LogP contribution is 2.72. The molecule has 0 N–H and O–H groups in total. The van der Waals surface area contributed by atoms with Crippen molar-refractivity contribution in [1.82, 2.24) is 0 Å². The maximum Gasteiger partial charge on any atom is 0.129 e. The first-order valence-corrected chi connectivity index (χ1v) is 13.3. The van der Waals surface area contributed by atoms with Gasteiger partial charge in [-0.15, -0.1) is 35.3 Å². The molecule has 1 saturated carbocycles. The van der Waals surface area contributed by atoms with Gasteiger partial charge in [0.25, 0.3) is 0 Å². The van der Waals surface area contributed by atoms with Crippen molar-refractivity contribution in [2.24, 2.45) is 11.3 Å². The lowest BCUT2D eigenvalue weighted by Crippen LogP contribution is -2.65. The molecule has 2 bridgehead atoms. The van der Waals surface area contributed by atoms with Gasteiger partial charge in [-0.25, -0.2) is 0 Å². The molecule has 5 atom stereocenters. The number of carbonyl (C=O) groups excluding carboxylic acids is 1. The molecule has 4 heterocycles. The normalized spacial score (nSPS) is 52.5. The Morgan fingerprint density at radius 1 is 1.00 bits per heavy atom. The number of ether oxygens (including phenoxy) is 1. The molecule has 0 radical (unpaired) electrons. The van der Waals surface area contributed by atoms with Gasteiger partial charge >= 0.3 is 0 Å². The molecule has 0 aromatic rings. The Morgan fingerprint density at radius 3 is 2.62 bits per heavy atom. The first kappa shape index (κ1) is 17.2. The zero-order valence-corrected chi connectivity index (χ0v) is 17.5. The van der Waals surface area contributed by atoms with Gasteiger partial charge < -0.3 is 9.53 Å². The second kappa shape index (κ2) is 5.76. The fraction of sp³-hybridized carbons (Fsp3) is 0.944. The summed E-state index contributed by atoms with van der Waals surface area (Å²) in [7, 11) is 0. The van der Waals surface area contributed by atoms with Crippen LogP contribution in [0.2, 0.25) is 0 Å². The Labute approximate surface area is 162 Å². The minimum Gasteiger partial charge on any atom is -0.356 e.